The van der Waals surface area contributed by atoms with Crippen LogP contribution in [-0.2, 0) is 4.79 Å². The van der Waals surface area contributed by atoms with Crippen LogP contribution in [0.25, 0.3) is 0 Å². The van der Waals surface area contributed by atoms with Gasteiger partial charge in [0.2, 0.25) is 5.91 Å². The first-order valence-corrected chi connectivity index (χ1v) is 6.19. The van der Waals surface area contributed by atoms with Crippen molar-refractivity contribution >= 4 is 17.6 Å². The van der Waals surface area contributed by atoms with E-state index in [2.05, 4.69) is 5.32 Å². The van der Waals surface area contributed by atoms with Gasteiger partial charge >= 0.3 is 5.97 Å². The van der Waals surface area contributed by atoms with Crippen LogP contribution >= 0.6 is 0 Å². The van der Waals surface area contributed by atoms with E-state index in [0.717, 1.165) is 6.42 Å². The van der Waals surface area contributed by atoms with Crippen LogP contribution in [0.1, 0.15) is 37.0 Å². The highest BCUT2D eigenvalue weighted by molar-refractivity contribution is 5.94. The molecule has 1 atom stereocenters. The van der Waals surface area contributed by atoms with Gasteiger partial charge in [0.15, 0.2) is 0 Å². The Balaban J connectivity index is 2.83. The predicted octanol–water partition coefficient (Wildman–Crippen LogP) is 2.77. The Labute approximate surface area is 112 Å². The second-order valence-corrected chi connectivity index (χ2v) is 4.49. The van der Waals surface area contributed by atoms with Gasteiger partial charge in [-0.2, -0.15) is 0 Å². The molecule has 0 aliphatic heterocycles. The van der Waals surface area contributed by atoms with Crippen LogP contribution < -0.4 is 10.1 Å². The van der Waals surface area contributed by atoms with Gasteiger partial charge in [0.25, 0.3) is 0 Å². The van der Waals surface area contributed by atoms with Crippen LogP contribution in [0.5, 0.6) is 5.75 Å². The number of rotatable bonds is 6. The van der Waals surface area contributed by atoms with Crippen LogP contribution in [0.3, 0.4) is 0 Å². The zero-order valence-corrected chi connectivity index (χ0v) is 11.4. The molecule has 0 saturated carbocycles. The first-order valence-electron chi connectivity index (χ1n) is 6.19. The molecule has 0 saturated heterocycles. The first kappa shape index (κ1) is 15.0. The highest BCUT2D eigenvalue weighted by Crippen LogP contribution is 2.26. The van der Waals surface area contributed by atoms with Gasteiger partial charge in [-0.25, -0.2) is 4.79 Å². The molecule has 5 nitrogen and oxygen atoms in total. The second kappa shape index (κ2) is 6.78. The van der Waals surface area contributed by atoms with Gasteiger partial charge in [-0.3, -0.25) is 4.79 Å². The average Bonchev–Trinajstić information content (AvgIpc) is 2.38. The van der Waals surface area contributed by atoms with Crippen LogP contribution in [0.2, 0.25) is 0 Å². The zero-order valence-electron chi connectivity index (χ0n) is 11.4. The van der Waals surface area contributed by atoms with E-state index in [-0.39, 0.29) is 11.5 Å². The molecule has 0 bridgehead atoms. The molecular formula is C14H19NO4. The molecule has 0 radical (unpaired) electrons. The van der Waals surface area contributed by atoms with Crippen LogP contribution in [0, 0.1) is 5.92 Å². The fraction of sp³-hybridized carbons (Fsp3) is 0.429. The number of anilines is 1. The summed E-state index contributed by atoms with van der Waals surface area (Å²) in [6, 6.07) is 4.36. The Morgan fingerprint density at radius 3 is 2.63 bits per heavy atom. The minimum absolute atomic E-state index is 0.101. The molecule has 5 heteroatoms. The maximum absolute atomic E-state index is 11.8. The van der Waals surface area contributed by atoms with Crippen molar-refractivity contribution in [2.24, 2.45) is 5.92 Å². The van der Waals surface area contributed by atoms with E-state index in [1.54, 1.807) is 0 Å². The molecule has 0 aromatic heterocycles. The third-order valence-electron chi connectivity index (χ3n) is 2.95. The zero-order chi connectivity index (χ0) is 14.4. The minimum atomic E-state index is -1.03. The highest BCUT2D eigenvalue weighted by Gasteiger charge is 2.12. The molecule has 0 spiro atoms. The summed E-state index contributed by atoms with van der Waals surface area (Å²) in [7, 11) is 1.44. The van der Waals surface area contributed by atoms with Crippen molar-refractivity contribution in [1.82, 2.24) is 0 Å². The number of carbonyl (C=O) groups excluding carboxylic acids is 1. The van der Waals surface area contributed by atoms with Gasteiger partial charge in [-0.1, -0.05) is 20.3 Å². The summed E-state index contributed by atoms with van der Waals surface area (Å²) in [5.74, 6) is -0.479. The fourth-order valence-electron chi connectivity index (χ4n) is 1.59. The van der Waals surface area contributed by atoms with Gasteiger partial charge < -0.3 is 15.2 Å². The number of carbonyl (C=O) groups is 2. The van der Waals surface area contributed by atoms with Crippen molar-refractivity contribution < 1.29 is 19.4 Å². The standard InChI is InChI=1S/C14H19NO4/c1-4-9(2)7-13(16)15-11-6-5-10(14(17)18)8-12(11)19-3/h5-6,8-9H,4,7H2,1-3H3,(H,15,16)(H,17,18). The number of carboxylic acids is 1. The molecule has 104 valence electrons. The number of benzene rings is 1. The van der Waals surface area contributed by atoms with Crippen molar-refractivity contribution in [3.05, 3.63) is 23.8 Å². The molecule has 0 heterocycles. The number of methoxy groups -OCH3 is 1. The van der Waals surface area contributed by atoms with Crippen molar-refractivity contribution in [3.63, 3.8) is 0 Å². The third kappa shape index (κ3) is 4.28. The SMILES string of the molecule is CCC(C)CC(=O)Nc1ccc(C(=O)O)cc1OC. The third-order valence-corrected chi connectivity index (χ3v) is 2.95. The van der Waals surface area contributed by atoms with Gasteiger partial charge in [0.05, 0.1) is 18.4 Å². The summed E-state index contributed by atoms with van der Waals surface area (Å²) >= 11 is 0. The van der Waals surface area contributed by atoms with Crippen LogP contribution in [0.4, 0.5) is 5.69 Å². The molecule has 19 heavy (non-hydrogen) atoms. The lowest BCUT2D eigenvalue weighted by molar-refractivity contribution is -0.117. The summed E-state index contributed by atoms with van der Waals surface area (Å²) < 4.78 is 5.09. The van der Waals surface area contributed by atoms with Crippen molar-refractivity contribution in [2.75, 3.05) is 12.4 Å². The molecule has 0 aliphatic carbocycles. The molecule has 1 unspecified atom stereocenters. The van der Waals surface area contributed by atoms with Crippen LogP contribution in [-0.4, -0.2) is 24.1 Å². The quantitative estimate of drug-likeness (QED) is 0.829. The molecule has 0 fully saturated rings. The first-order chi connectivity index (χ1) is 8.97. The Bertz CT molecular complexity index is 471. The number of hydrogen-bond acceptors (Lipinski definition) is 3. The second-order valence-electron chi connectivity index (χ2n) is 4.49. The van der Waals surface area contributed by atoms with Gasteiger partial charge in [-0.15, -0.1) is 0 Å². The fourth-order valence-corrected chi connectivity index (χ4v) is 1.59. The molecule has 1 rings (SSSR count). The van der Waals surface area contributed by atoms with Crippen molar-refractivity contribution in [2.45, 2.75) is 26.7 Å². The van der Waals surface area contributed by atoms with E-state index >= 15 is 0 Å². The predicted molar refractivity (Wildman–Crippen MR) is 72.7 cm³/mol. The summed E-state index contributed by atoms with van der Waals surface area (Å²) in [6.45, 7) is 4.03. The largest absolute Gasteiger partial charge is 0.495 e. The Kier molecular flexibility index (Phi) is 5.36. The Hall–Kier alpha value is -2.04. The van der Waals surface area contributed by atoms with Crippen molar-refractivity contribution in [1.29, 1.82) is 0 Å². The lowest BCUT2D eigenvalue weighted by Crippen LogP contribution is -2.15. The number of hydrogen-bond donors (Lipinski definition) is 2. The summed E-state index contributed by atoms with van der Waals surface area (Å²) in [5, 5.41) is 11.6. The number of ether oxygens (including phenoxy) is 1. The lowest BCUT2D eigenvalue weighted by atomic mass is 10.0. The molecule has 1 aromatic carbocycles. The number of amides is 1. The topological polar surface area (TPSA) is 75.6 Å². The van der Waals surface area contributed by atoms with Crippen LogP contribution in [0.15, 0.2) is 18.2 Å². The normalized spacial score (nSPS) is 11.7. The molecule has 2 N–H and O–H groups in total. The van der Waals surface area contributed by atoms with E-state index in [0.29, 0.717) is 23.8 Å². The van der Waals surface area contributed by atoms with E-state index < -0.39 is 5.97 Å². The number of aromatic carboxylic acids is 1. The van der Waals surface area contributed by atoms with Gasteiger partial charge in [0, 0.05) is 6.42 Å². The smallest absolute Gasteiger partial charge is 0.335 e. The van der Waals surface area contributed by atoms with Gasteiger partial charge in [-0.05, 0) is 24.1 Å². The molecule has 1 aromatic rings. The molecule has 0 aliphatic rings. The average molecular weight is 265 g/mol. The maximum Gasteiger partial charge on any atom is 0.335 e. The van der Waals surface area contributed by atoms with E-state index in [1.165, 1.54) is 25.3 Å². The molecule has 1 amide bonds. The summed E-state index contributed by atoms with van der Waals surface area (Å²) in [5.41, 5.74) is 0.609. The monoisotopic (exact) mass is 265 g/mol. The van der Waals surface area contributed by atoms with E-state index in [9.17, 15) is 9.59 Å². The Morgan fingerprint density at radius 2 is 2.11 bits per heavy atom. The Morgan fingerprint density at radius 1 is 1.42 bits per heavy atom. The lowest BCUT2D eigenvalue weighted by Gasteiger charge is -2.12. The maximum atomic E-state index is 11.8. The van der Waals surface area contributed by atoms with Crippen molar-refractivity contribution in [3.8, 4) is 5.75 Å². The summed E-state index contributed by atoms with van der Waals surface area (Å²) in [4.78, 5) is 22.6. The highest BCUT2D eigenvalue weighted by atomic mass is 16.5. The summed E-state index contributed by atoms with van der Waals surface area (Å²) in [6.07, 6.45) is 1.36. The van der Waals surface area contributed by atoms with E-state index in [4.69, 9.17) is 9.84 Å². The number of nitrogens with one attached hydrogen (secondary N) is 1. The van der Waals surface area contributed by atoms with Gasteiger partial charge in [0.1, 0.15) is 5.75 Å². The molecular weight excluding hydrogens is 246 g/mol. The minimum Gasteiger partial charge on any atom is -0.495 e. The van der Waals surface area contributed by atoms with E-state index in [1.807, 2.05) is 13.8 Å². The number of carboxylic acid groups (broad SMARTS) is 1.